The van der Waals surface area contributed by atoms with Crippen molar-refractivity contribution in [3.63, 3.8) is 0 Å². The third kappa shape index (κ3) is 2.38. The molecule has 2 aromatic heterocycles. The maximum atomic E-state index is 12.7. The number of carbonyl (C=O) groups is 1. The summed E-state index contributed by atoms with van der Waals surface area (Å²) in [5, 5.41) is 6.29. The number of nitrogens with zero attached hydrogens (tertiary/aromatic N) is 1. The molecule has 1 amide bonds. The molecule has 0 atom stereocenters. The summed E-state index contributed by atoms with van der Waals surface area (Å²) < 4.78 is 12.7. The molecule has 0 bridgehead atoms. The molecular formula is C10H7FN2OS. The van der Waals surface area contributed by atoms with Crippen molar-refractivity contribution in [3.05, 3.63) is 46.7 Å². The second-order valence-corrected chi connectivity index (χ2v) is 3.61. The van der Waals surface area contributed by atoms with Gasteiger partial charge in [-0.25, -0.2) is 4.98 Å². The van der Waals surface area contributed by atoms with Crippen molar-refractivity contribution >= 4 is 22.9 Å². The minimum Gasteiger partial charge on any atom is -0.321 e. The lowest BCUT2D eigenvalue weighted by atomic mass is 10.2. The topological polar surface area (TPSA) is 42.0 Å². The second-order valence-electron chi connectivity index (χ2n) is 2.83. The number of thiophene rings is 1. The second kappa shape index (κ2) is 4.18. The van der Waals surface area contributed by atoms with E-state index in [-0.39, 0.29) is 11.5 Å². The van der Waals surface area contributed by atoms with Gasteiger partial charge in [-0.3, -0.25) is 4.79 Å². The molecule has 0 saturated carbocycles. The molecule has 1 N–H and O–H groups in total. The summed E-state index contributed by atoms with van der Waals surface area (Å²) in [6.07, 6.45) is 1.26. The Morgan fingerprint density at radius 3 is 3.00 bits per heavy atom. The summed E-state index contributed by atoms with van der Waals surface area (Å²) in [4.78, 5) is 14.9. The van der Waals surface area contributed by atoms with E-state index in [0.717, 1.165) is 6.07 Å². The van der Waals surface area contributed by atoms with Crippen molar-refractivity contribution in [2.45, 2.75) is 0 Å². The van der Waals surface area contributed by atoms with Crippen LogP contribution in [-0.2, 0) is 0 Å². The van der Waals surface area contributed by atoms with Crippen LogP contribution >= 0.6 is 11.3 Å². The van der Waals surface area contributed by atoms with Crippen LogP contribution in [0.25, 0.3) is 0 Å². The monoisotopic (exact) mass is 222 g/mol. The highest BCUT2D eigenvalue weighted by atomic mass is 32.1. The van der Waals surface area contributed by atoms with Crippen molar-refractivity contribution in [1.82, 2.24) is 4.98 Å². The third-order valence-corrected chi connectivity index (χ3v) is 2.45. The van der Waals surface area contributed by atoms with Crippen molar-refractivity contribution in [3.8, 4) is 0 Å². The van der Waals surface area contributed by atoms with Crippen LogP contribution in [-0.4, -0.2) is 10.9 Å². The Bertz CT molecular complexity index is 470. The van der Waals surface area contributed by atoms with Crippen LogP contribution in [0.15, 0.2) is 35.2 Å². The van der Waals surface area contributed by atoms with Crippen molar-refractivity contribution in [2.75, 3.05) is 5.32 Å². The molecule has 2 rings (SSSR count). The number of pyridine rings is 1. The minimum absolute atomic E-state index is 0.258. The highest BCUT2D eigenvalue weighted by molar-refractivity contribution is 7.08. The molecule has 0 saturated heterocycles. The van der Waals surface area contributed by atoms with Crippen LogP contribution in [0.2, 0.25) is 0 Å². The Balaban J connectivity index is 2.15. The molecule has 15 heavy (non-hydrogen) atoms. The molecule has 0 aliphatic rings. The van der Waals surface area contributed by atoms with Crippen LogP contribution in [0.5, 0.6) is 0 Å². The van der Waals surface area contributed by atoms with E-state index < -0.39 is 5.95 Å². The van der Waals surface area contributed by atoms with Gasteiger partial charge in [0.15, 0.2) is 0 Å². The Kier molecular flexibility index (Phi) is 2.73. The zero-order valence-corrected chi connectivity index (χ0v) is 8.42. The van der Waals surface area contributed by atoms with E-state index >= 15 is 0 Å². The lowest BCUT2D eigenvalue weighted by Crippen LogP contribution is -2.11. The smallest absolute Gasteiger partial charge is 0.255 e. The van der Waals surface area contributed by atoms with Crippen LogP contribution in [0.3, 0.4) is 0 Å². The van der Waals surface area contributed by atoms with Crippen LogP contribution in [0, 0.1) is 5.95 Å². The van der Waals surface area contributed by atoms with Gasteiger partial charge < -0.3 is 5.32 Å². The fraction of sp³-hybridized carbons (Fsp3) is 0. The minimum atomic E-state index is -0.659. The van der Waals surface area contributed by atoms with Gasteiger partial charge in [0.25, 0.3) is 5.91 Å². The summed E-state index contributed by atoms with van der Waals surface area (Å²) in [7, 11) is 0. The molecule has 76 valence electrons. The number of hydrogen-bond donors (Lipinski definition) is 1. The summed E-state index contributed by atoms with van der Waals surface area (Å²) in [6, 6.07) is 4.34. The number of amides is 1. The molecule has 0 aliphatic carbocycles. The van der Waals surface area contributed by atoms with E-state index in [2.05, 4.69) is 10.3 Å². The quantitative estimate of drug-likeness (QED) is 0.793. The summed E-state index contributed by atoms with van der Waals surface area (Å²) in [6.45, 7) is 0. The van der Waals surface area contributed by atoms with Crippen molar-refractivity contribution < 1.29 is 9.18 Å². The van der Waals surface area contributed by atoms with Crippen LogP contribution in [0.4, 0.5) is 10.1 Å². The zero-order valence-electron chi connectivity index (χ0n) is 7.61. The first-order valence-electron chi connectivity index (χ1n) is 4.21. The molecular weight excluding hydrogens is 215 g/mol. The zero-order chi connectivity index (χ0) is 10.7. The van der Waals surface area contributed by atoms with Gasteiger partial charge in [0, 0.05) is 23.2 Å². The summed E-state index contributed by atoms with van der Waals surface area (Å²) in [5.41, 5.74) is 0.968. The Hall–Kier alpha value is -1.75. The van der Waals surface area contributed by atoms with Gasteiger partial charge in [0.05, 0.1) is 5.69 Å². The highest BCUT2D eigenvalue weighted by Crippen LogP contribution is 2.13. The number of nitrogens with one attached hydrogen (secondary N) is 1. The molecule has 3 nitrogen and oxygen atoms in total. The fourth-order valence-electron chi connectivity index (χ4n) is 1.08. The number of anilines is 1. The Labute approximate surface area is 89.6 Å². The van der Waals surface area contributed by atoms with Gasteiger partial charge in [-0.1, -0.05) is 0 Å². The Morgan fingerprint density at radius 1 is 1.47 bits per heavy atom. The van der Waals surface area contributed by atoms with E-state index in [1.54, 1.807) is 11.4 Å². The van der Waals surface area contributed by atoms with Gasteiger partial charge in [-0.2, -0.15) is 15.7 Å². The highest BCUT2D eigenvalue weighted by Gasteiger charge is 2.07. The predicted molar refractivity (Wildman–Crippen MR) is 56.5 cm³/mol. The Morgan fingerprint density at radius 2 is 2.33 bits per heavy atom. The molecule has 0 unspecified atom stereocenters. The largest absolute Gasteiger partial charge is 0.321 e. The SMILES string of the molecule is O=C(Nc1ccsc1)c1ccnc(F)c1. The molecule has 5 heteroatoms. The first kappa shape index (κ1) is 9.79. The number of rotatable bonds is 2. The first-order chi connectivity index (χ1) is 7.25. The van der Waals surface area contributed by atoms with Crippen molar-refractivity contribution in [1.29, 1.82) is 0 Å². The van der Waals surface area contributed by atoms with E-state index in [9.17, 15) is 9.18 Å². The number of carbonyl (C=O) groups excluding carboxylic acids is 1. The lowest BCUT2D eigenvalue weighted by Gasteiger charge is -2.01. The van der Waals surface area contributed by atoms with Gasteiger partial charge in [0.2, 0.25) is 5.95 Å². The van der Waals surface area contributed by atoms with Gasteiger partial charge >= 0.3 is 0 Å². The number of hydrogen-bond acceptors (Lipinski definition) is 3. The lowest BCUT2D eigenvalue weighted by molar-refractivity contribution is 0.102. The van der Waals surface area contributed by atoms with Gasteiger partial charge in [0.1, 0.15) is 0 Å². The molecule has 0 aliphatic heterocycles. The molecule has 2 aromatic rings. The average Bonchev–Trinajstić information content (AvgIpc) is 2.70. The number of aromatic nitrogens is 1. The normalized spacial score (nSPS) is 9.93. The molecule has 0 radical (unpaired) electrons. The van der Waals surface area contributed by atoms with E-state index in [1.165, 1.54) is 23.6 Å². The fourth-order valence-corrected chi connectivity index (χ4v) is 1.67. The van der Waals surface area contributed by atoms with Crippen LogP contribution < -0.4 is 5.32 Å². The van der Waals surface area contributed by atoms with Crippen LogP contribution in [0.1, 0.15) is 10.4 Å². The molecule has 2 heterocycles. The summed E-state index contributed by atoms with van der Waals surface area (Å²) >= 11 is 1.48. The van der Waals surface area contributed by atoms with E-state index in [4.69, 9.17) is 0 Å². The third-order valence-electron chi connectivity index (χ3n) is 1.77. The summed E-state index contributed by atoms with van der Waals surface area (Å²) in [5.74, 6) is -0.998. The number of halogens is 1. The first-order valence-corrected chi connectivity index (χ1v) is 5.15. The average molecular weight is 222 g/mol. The predicted octanol–water partition coefficient (Wildman–Crippen LogP) is 2.53. The van der Waals surface area contributed by atoms with Crippen molar-refractivity contribution in [2.24, 2.45) is 0 Å². The van der Waals surface area contributed by atoms with Gasteiger partial charge in [-0.05, 0) is 17.5 Å². The molecule has 0 spiro atoms. The van der Waals surface area contributed by atoms with E-state index in [0.29, 0.717) is 5.69 Å². The van der Waals surface area contributed by atoms with E-state index in [1.807, 2.05) is 5.38 Å². The molecule has 0 fully saturated rings. The molecule has 0 aromatic carbocycles. The van der Waals surface area contributed by atoms with Gasteiger partial charge in [-0.15, -0.1) is 0 Å². The maximum Gasteiger partial charge on any atom is 0.255 e. The standard InChI is InChI=1S/C10H7FN2OS/c11-9-5-7(1-3-12-9)10(14)13-8-2-4-15-6-8/h1-6H,(H,13,14). The maximum absolute atomic E-state index is 12.7.